The molecule has 0 radical (unpaired) electrons. The zero-order valence-electron chi connectivity index (χ0n) is 13.6. The number of carbonyl (C=O) groups is 2. The third kappa shape index (κ3) is 3.52. The van der Waals surface area contributed by atoms with Gasteiger partial charge in [-0.25, -0.2) is 0 Å². The van der Waals surface area contributed by atoms with E-state index in [0.717, 1.165) is 5.69 Å². The number of aromatic nitrogens is 1. The van der Waals surface area contributed by atoms with Crippen molar-refractivity contribution in [3.8, 4) is 0 Å². The van der Waals surface area contributed by atoms with Crippen molar-refractivity contribution < 1.29 is 14.3 Å². The van der Waals surface area contributed by atoms with Gasteiger partial charge in [0.1, 0.15) is 0 Å². The Kier molecular flexibility index (Phi) is 4.61. The fourth-order valence-corrected chi connectivity index (χ4v) is 3.22. The molecule has 2 amide bonds. The maximum atomic E-state index is 12.8. The average Bonchev–Trinajstić information content (AvgIpc) is 2.91. The summed E-state index contributed by atoms with van der Waals surface area (Å²) in [6.07, 6.45) is 2.07. The lowest BCUT2D eigenvalue weighted by molar-refractivity contribution is -0.147. The number of hydrogen-bond acceptors (Lipinski definition) is 4. The van der Waals surface area contributed by atoms with Crippen LogP contribution in [0, 0.1) is 5.92 Å². The first-order chi connectivity index (χ1) is 11.0. The quantitative estimate of drug-likeness (QED) is 0.836. The van der Waals surface area contributed by atoms with E-state index in [1.807, 2.05) is 36.9 Å². The largest absolute Gasteiger partial charge is 0.375 e. The molecule has 0 bridgehead atoms. The van der Waals surface area contributed by atoms with Crippen molar-refractivity contribution in [2.24, 2.45) is 5.92 Å². The third-order valence-corrected chi connectivity index (χ3v) is 4.53. The fraction of sp³-hybridized carbons (Fsp3) is 0.588. The predicted molar refractivity (Wildman–Crippen MR) is 84.4 cm³/mol. The molecule has 3 unspecified atom stereocenters. The molecule has 124 valence electrons. The molecule has 0 aliphatic carbocycles. The summed E-state index contributed by atoms with van der Waals surface area (Å²) < 4.78 is 5.57. The zero-order valence-corrected chi connectivity index (χ0v) is 13.6. The van der Waals surface area contributed by atoms with Crippen LogP contribution < -0.4 is 0 Å². The number of morpholine rings is 1. The summed E-state index contributed by atoms with van der Waals surface area (Å²) in [5.41, 5.74) is 0.849. The van der Waals surface area contributed by atoms with E-state index in [0.29, 0.717) is 32.7 Å². The minimum Gasteiger partial charge on any atom is -0.375 e. The third-order valence-electron chi connectivity index (χ3n) is 4.53. The van der Waals surface area contributed by atoms with Crippen molar-refractivity contribution in [3.05, 3.63) is 30.1 Å². The Morgan fingerprint density at radius 3 is 2.91 bits per heavy atom. The summed E-state index contributed by atoms with van der Waals surface area (Å²) in [7, 11) is 0. The van der Waals surface area contributed by atoms with Crippen molar-refractivity contribution in [2.75, 3.05) is 19.7 Å². The van der Waals surface area contributed by atoms with Gasteiger partial charge in [0.15, 0.2) is 0 Å². The van der Waals surface area contributed by atoms with E-state index in [1.54, 1.807) is 11.1 Å². The normalized spacial score (nSPS) is 28.3. The summed E-state index contributed by atoms with van der Waals surface area (Å²) in [6.45, 7) is 6.08. The van der Waals surface area contributed by atoms with E-state index in [-0.39, 0.29) is 29.9 Å². The molecule has 2 aliphatic heterocycles. The molecule has 1 aromatic rings. The standard InChI is InChI=1S/C17H23N3O3/c1-12-11-23-13(2)8-20(12)17(22)14-7-16(21)19(9-14)10-15-5-3-4-6-18-15/h3-6,12-14H,7-11H2,1-2H3. The number of rotatable bonds is 3. The lowest BCUT2D eigenvalue weighted by Gasteiger charge is -2.38. The van der Waals surface area contributed by atoms with Gasteiger partial charge < -0.3 is 14.5 Å². The number of likely N-dealkylation sites (tertiary alicyclic amines) is 1. The van der Waals surface area contributed by atoms with Crippen LogP contribution >= 0.6 is 0 Å². The van der Waals surface area contributed by atoms with E-state index < -0.39 is 0 Å². The average molecular weight is 317 g/mol. The SMILES string of the molecule is CC1CN(C(=O)C2CC(=O)N(Cc3ccccn3)C2)C(C)CO1. The van der Waals surface area contributed by atoms with Gasteiger partial charge in [0, 0.05) is 25.7 Å². The van der Waals surface area contributed by atoms with Crippen molar-refractivity contribution in [3.63, 3.8) is 0 Å². The Labute approximate surface area is 136 Å². The van der Waals surface area contributed by atoms with E-state index in [2.05, 4.69) is 4.98 Å². The first-order valence-electron chi connectivity index (χ1n) is 8.14. The molecule has 0 spiro atoms. The number of amides is 2. The van der Waals surface area contributed by atoms with Gasteiger partial charge in [-0.3, -0.25) is 14.6 Å². The molecule has 6 heteroatoms. The molecule has 3 heterocycles. The van der Waals surface area contributed by atoms with Crippen molar-refractivity contribution >= 4 is 11.8 Å². The molecule has 23 heavy (non-hydrogen) atoms. The molecule has 0 saturated carbocycles. The van der Waals surface area contributed by atoms with Gasteiger partial charge in [0.05, 0.1) is 36.9 Å². The summed E-state index contributed by atoms with van der Waals surface area (Å²) >= 11 is 0. The maximum absolute atomic E-state index is 12.8. The molecule has 3 rings (SSSR count). The summed E-state index contributed by atoms with van der Waals surface area (Å²) in [5.74, 6) is -0.147. The Morgan fingerprint density at radius 2 is 2.17 bits per heavy atom. The Bertz CT molecular complexity index is 578. The van der Waals surface area contributed by atoms with Gasteiger partial charge >= 0.3 is 0 Å². The molecular formula is C17H23N3O3. The predicted octanol–water partition coefficient (Wildman–Crippen LogP) is 1.07. The van der Waals surface area contributed by atoms with E-state index in [1.165, 1.54) is 0 Å². The minimum absolute atomic E-state index is 0.0305. The van der Waals surface area contributed by atoms with Crippen LogP contribution in [0.4, 0.5) is 0 Å². The number of nitrogens with zero attached hydrogens (tertiary/aromatic N) is 3. The number of pyridine rings is 1. The number of ether oxygens (including phenoxy) is 1. The van der Waals surface area contributed by atoms with Gasteiger partial charge in [-0.05, 0) is 26.0 Å². The van der Waals surface area contributed by atoms with Crippen LogP contribution in [0.5, 0.6) is 0 Å². The molecular weight excluding hydrogens is 294 g/mol. The second kappa shape index (κ2) is 6.66. The van der Waals surface area contributed by atoms with Crippen LogP contribution in [-0.4, -0.2) is 58.4 Å². The lowest BCUT2D eigenvalue weighted by atomic mass is 10.0. The second-order valence-corrected chi connectivity index (χ2v) is 6.48. The van der Waals surface area contributed by atoms with E-state index in [9.17, 15) is 9.59 Å². The van der Waals surface area contributed by atoms with Crippen LogP contribution in [0.2, 0.25) is 0 Å². The highest BCUT2D eigenvalue weighted by molar-refractivity contribution is 5.89. The summed E-state index contributed by atoms with van der Waals surface area (Å²) in [5, 5.41) is 0. The number of carbonyl (C=O) groups excluding carboxylic acids is 2. The molecule has 3 atom stereocenters. The molecule has 1 aromatic heterocycles. The fourth-order valence-electron chi connectivity index (χ4n) is 3.22. The van der Waals surface area contributed by atoms with Gasteiger partial charge in [-0.1, -0.05) is 6.07 Å². The molecule has 6 nitrogen and oxygen atoms in total. The molecule has 2 saturated heterocycles. The highest BCUT2D eigenvalue weighted by atomic mass is 16.5. The van der Waals surface area contributed by atoms with Crippen LogP contribution in [-0.2, 0) is 20.9 Å². The van der Waals surface area contributed by atoms with Gasteiger partial charge in [0.25, 0.3) is 0 Å². The molecule has 0 N–H and O–H groups in total. The smallest absolute Gasteiger partial charge is 0.228 e. The summed E-state index contributed by atoms with van der Waals surface area (Å²) in [4.78, 5) is 32.9. The highest BCUT2D eigenvalue weighted by Crippen LogP contribution is 2.24. The van der Waals surface area contributed by atoms with Crippen LogP contribution in [0.1, 0.15) is 26.0 Å². The highest BCUT2D eigenvalue weighted by Gasteiger charge is 2.39. The summed E-state index contributed by atoms with van der Waals surface area (Å²) in [6, 6.07) is 5.72. The van der Waals surface area contributed by atoms with Crippen LogP contribution in [0.25, 0.3) is 0 Å². The zero-order chi connectivity index (χ0) is 16.4. The van der Waals surface area contributed by atoms with E-state index >= 15 is 0 Å². The monoisotopic (exact) mass is 317 g/mol. The molecule has 2 fully saturated rings. The van der Waals surface area contributed by atoms with Gasteiger partial charge in [0.2, 0.25) is 11.8 Å². The minimum atomic E-state index is -0.251. The van der Waals surface area contributed by atoms with Crippen LogP contribution in [0.3, 0.4) is 0 Å². The first-order valence-corrected chi connectivity index (χ1v) is 8.14. The van der Waals surface area contributed by atoms with Gasteiger partial charge in [-0.15, -0.1) is 0 Å². The Morgan fingerprint density at radius 1 is 1.35 bits per heavy atom. The van der Waals surface area contributed by atoms with E-state index in [4.69, 9.17) is 4.74 Å². The molecule has 0 aromatic carbocycles. The Hall–Kier alpha value is -1.95. The maximum Gasteiger partial charge on any atom is 0.228 e. The van der Waals surface area contributed by atoms with Crippen molar-refractivity contribution in [1.29, 1.82) is 0 Å². The topological polar surface area (TPSA) is 62.7 Å². The second-order valence-electron chi connectivity index (χ2n) is 6.48. The van der Waals surface area contributed by atoms with Crippen LogP contribution in [0.15, 0.2) is 24.4 Å². The molecule has 2 aliphatic rings. The van der Waals surface area contributed by atoms with Crippen molar-refractivity contribution in [2.45, 2.75) is 39.0 Å². The number of hydrogen-bond donors (Lipinski definition) is 0. The van der Waals surface area contributed by atoms with Gasteiger partial charge in [-0.2, -0.15) is 0 Å². The first kappa shape index (κ1) is 15.9. The lowest BCUT2D eigenvalue weighted by Crippen LogP contribution is -2.52. The Balaban J connectivity index is 1.63. The van der Waals surface area contributed by atoms with Crippen molar-refractivity contribution in [1.82, 2.24) is 14.8 Å².